The molecule has 0 atom stereocenters. The van der Waals surface area contributed by atoms with Crippen LogP contribution in [-0.4, -0.2) is 16.2 Å². The molecule has 0 aromatic heterocycles. The Balaban J connectivity index is 3.24. The van der Waals surface area contributed by atoms with Crippen molar-refractivity contribution in [2.75, 3.05) is 0 Å². The van der Waals surface area contributed by atoms with Crippen molar-refractivity contribution in [2.24, 2.45) is 0 Å². The number of hydrogen-bond acceptors (Lipinski definition) is 2. The third kappa shape index (κ3) is 3.01. The number of alkyl halides is 3. The Hall–Kier alpha value is -1.98. The minimum atomic E-state index is -4.59. The summed E-state index contributed by atoms with van der Waals surface area (Å²) in [5, 5.41) is 17.3. The molecule has 16 heavy (non-hydrogen) atoms. The predicted molar refractivity (Wildman–Crippen MR) is 49.8 cm³/mol. The largest absolute Gasteiger partial charge is 0.508 e. The fourth-order valence-electron chi connectivity index (χ4n) is 1.11. The molecule has 1 aromatic rings. The minimum absolute atomic E-state index is 0.363. The van der Waals surface area contributed by atoms with E-state index in [0.717, 1.165) is 18.2 Å². The molecule has 86 valence electrons. The molecule has 1 rings (SSSR count). The smallest absolute Gasteiger partial charge is 0.416 e. The maximum absolute atomic E-state index is 12.4. The molecule has 6 heteroatoms. The SMILES string of the molecule is O=C(O)/C=C/c1cc(O)ccc1C(F)(F)F. The predicted octanol–water partition coefficient (Wildman–Crippen LogP) is 2.51. The number of hydrogen-bond donors (Lipinski definition) is 2. The van der Waals surface area contributed by atoms with Crippen molar-refractivity contribution < 1.29 is 28.2 Å². The van der Waals surface area contributed by atoms with E-state index in [-0.39, 0.29) is 5.75 Å². The number of aliphatic carboxylic acids is 1. The number of carbonyl (C=O) groups is 1. The van der Waals surface area contributed by atoms with Gasteiger partial charge in [-0.15, -0.1) is 0 Å². The molecule has 0 saturated carbocycles. The Kier molecular flexibility index (Phi) is 3.22. The van der Waals surface area contributed by atoms with Crippen molar-refractivity contribution in [3.8, 4) is 5.75 Å². The number of phenolic OH excluding ortho intramolecular Hbond substituents is 1. The zero-order valence-corrected chi connectivity index (χ0v) is 7.82. The van der Waals surface area contributed by atoms with Gasteiger partial charge in [0.15, 0.2) is 0 Å². The summed E-state index contributed by atoms with van der Waals surface area (Å²) in [4.78, 5) is 10.2. The standard InChI is InChI=1S/C10H7F3O3/c11-10(12,13)8-3-2-7(14)5-6(8)1-4-9(15)16/h1-5,14H,(H,15,16)/b4-1+. The summed E-state index contributed by atoms with van der Waals surface area (Å²) in [7, 11) is 0. The summed E-state index contributed by atoms with van der Waals surface area (Å²) in [6.07, 6.45) is -3.24. The summed E-state index contributed by atoms with van der Waals surface area (Å²) in [6, 6.07) is 2.43. The highest BCUT2D eigenvalue weighted by molar-refractivity contribution is 5.85. The first-order chi connectivity index (χ1) is 7.30. The molecule has 3 nitrogen and oxygen atoms in total. The van der Waals surface area contributed by atoms with Gasteiger partial charge in [-0.25, -0.2) is 4.79 Å². The van der Waals surface area contributed by atoms with E-state index >= 15 is 0 Å². The Labute approximate surface area is 88.4 Å². The lowest BCUT2D eigenvalue weighted by Crippen LogP contribution is -2.07. The van der Waals surface area contributed by atoms with Gasteiger partial charge in [0.2, 0.25) is 0 Å². The van der Waals surface area contributed by atoms with E-state index in [2.05, 4.69) is 0 Å². The van der Waals surface area contributed by atoms with E-state index in [0.29, 0.717) is 12.1 Å². The van der Waals surface area contributed by atoms with Crippen LogP contribution in [0, 0.1) is 0 Å². The third-order valence-electron chi connectivity index (χ3n) is 1.75. The van der Waals surface area contributed by atoms with Gasteiger partial charge in [0.05, 0.1) is 5.56 Å². The molecule has 0 aliphatic carbocycles. The molecule has 0 bridgehead atoms. The second-order valence-electron chi connectivity index (χ2n) is 2.94. The second-order valence-corrected chi connectivity index (χ2v) is 2.94. The summed E-state index contributed by atoms with van der Waals surface area (Å²) in [5.41, 5.74) is -1.39. The summed E-state index contributed by atoms with van der Waals surface area (Å²) >= 11 is 0. The van der Waals surface area contributed by atoms with Crippen LogP contribution >= 0.6 is 0 Å². The van der Waals surface area contributed by atoms with Crippen LogP contribution in [0.2, 0.25) is 0 Å². The zero-order chi connectivity index (χ0) is 12.3. The van der Waals surface area contributed by atoms with E-state index < -0.39 is 23.3 Å². The number of phenols is 1. The lowest BCUT2D eigenvalue weighted by molar-refractivity contribution is -0.138. The van der Waals surface area contributed by atoms with Crippen LogP contribution in [0.4, 0.5) is 13.2 Å². The van der Waals surface area contributed by atoms with Gasteiger partial charge in [-0.2, -0.15) is 13.2 Å². The van der Waals surface area contributed by atoms with Crippen LogP contribution in [0.15, 0.2) is 24.3 Å². The summed E-state index contributed by atoms with van der Waals surface area (Å²) in [6.45, 7) is 0. The Morgan fingerprint density at radius 1 is 1.31 bits per heavy atom. The molecule has 0 unspecified atom stereocenters. The topological polar surface area (TPSA) is 57.5 Å². The Morgan fingerprint density at radius 2 is 1.94 bits per heavy atom. The maximum Gasteiger partial charge on any atom is 0.416 e. The molecule has 0 aliphatic heterocycles. The first-order valence-electron chi connectivity index (χ1n) is 4.12. The highest BCUT2D eigenvalue weighted by atomic mass is 19.4. The van der Waals surface area contributed by atoms with Crippen LogP contribution in [0.5, 0.6) is 5.75 Å². The zero-order valence-electron chi connectivity index (χ0n) is 7.82. The van der Waals surface area contributed by atoms with Crippen LogP contribution < -0.4 is 0 Å². The molecule has 0 aliphatic rings. The lowest BCUT2D eigenvalue weighted by Gasteiger charge is -2.10. The van der Waals surface area contributed by atoms with Crippen molar-refractivity contribution in [3.63, 3.8) is 0 Å². The van der Waals surface area contributed by atoms with Gasteiger partial charge < -0.3 is 10.2 Å². The summed E-state index contributed by atoms with van der Waals surface area (Å²) < 4.78 is 37.3. The van der Waals surface area contributed by atoms with E-state index in [1.807, 2.05) is 0 Å². The van der Waals surface area contributed by atoms with E-state index in [4.69, 9.17) is 10.2 Å². The van der Waals surface area contributed by atoms with Crippen molar-refractivity contribution in [1.29, 1.82) is 0 Å². The van der Waals surface area contributed by atoms with Gasteiger partial charge in [-0.05, 0) is 29.8 Å². The molecule has 0 heterocycles. The molecular weight excluding hydrogens is 225 g/mol. The average Bonchev–Trinajstić information content (AvgIpc) is 2.12. The quantitative estimate of drug-likeness (QED) is 0.770. The van der Waals surface area contributed by atoms with Crippen LogP contribution in [-0.2, 0) is 11.0 Å². The lowest BCUT2D eigenvalue weighted by atomic mass is 10.1. The fraction of sp³-hybridized carbons (Fsp3) is 0.100. The number of rotatable bonds is 2. The van der Waals surface area contributed by atoms with Crippen molar-refractivity contribution in [3.05, 3.63) is 35.4 Å². The van der Waals surface area contributed by atoms with Crippen LogP contribution in [0.3, 0.4) is 0 Å². The third-order valence-corrected chi connectivity index (χ3v) is 1.75. The first kappa shape index (κ1) is 12.1. The van der Waals surface area contributed by atoms with Crippen molar-refractivity contribution in [2.45, 2.75) is 6.18 Å². The molecule has 0 saturated heterocycles. The van der Waals surface area contributed by atoms with Gasteiger partial charge in [-0.1, -0.05) is 0 Å². The molecule has 0 amide bonds. The van der Waals surface area contributed by atoms with Gasteiger partial charge in [0.1, 0.15) is 5.75 Å². The Bertz CT molecular complexity index is 435. The van der Waals surface area contributed by atoms with Gasteiger partial charge in [0.25, 0.3) is 0 Å². The number of halogens is 3. The van der Waals surface area contributed by atoms with Crippen molar-refractivity contribution in [1.82, 2.24) is 0 Å². The number of benzene rings is 1. The first-order valence-corrected chi connectivity index (χ1v) is 4.12. The normalized spacial score (nSPS) is 11.9. The van der Waals surface area contributed by atoms with E-state index in [9.17, 15) is 18.0 Å². The van der Waals surface area contributed by atoms with Gasteiger partial charge in [0, 0.05) is 6.08 Å². The molecule has 2 N–H and O–H groups in total. The molecule has 0 spiro atoms. The Morgan fingerprint density at radius 3 is 2.44 bits per heavy atom. The van der Waals surface area contributed by atoms with E-state index in [1.54, 1.807) is 0 Å². The minimum Gasteiger partial charge on any atom is -0.508 e. The van der Waals surface area contributed by atoms with Crippen molar-refractivity contribution >= 4 is 12.0 Å². The highest BCUT2D eigenvalue weighted by Gasteiger charge is 2.32. The molecule has 0 fully saturated rings. The second kappa shape index (κ2) is 4.26. The molecule has 0 radical (unpaired) electrons. The highest BCUT2D eigenvalue weighted by Crippen LogP contribution is 2.34. The average molecular weight is 232 g/mol. The van der Waals surface area contributed by atoms with Gasteiger partial charge >= 0.3 is 12.1 Å². The summed E-state index contributed by atoms with van der Waals surface area (Å²) in [5.74, 6) is -1.73. The van der Waals surface area contributed by atoms with E-state index in [1.165, 1.54) is 0 Å². The van der Waals surface area contributed by atoms with Crippen LogP contribution in [0.25, 0.3) is 6.08 Å². The number of carboxylic acids is 1. The number of aromatic hydroxyl groups is 1. The fourth-order valence-corrected chi connectivity index (χ4v) is 1.11. The number of carboxylic acid groups (broad SMARTS) is 1. The van der Waals surface area contributed by atoms with Gasteiger partial charge in [-0.3, -0.25) is 0 Å². The monoisotopic (exact) mass is 232 g/mol. The maximum atomic E-state index is 12.4. The molecule has 1 aromatic carbocycles. The molecular formula is C10H7F3O3. The van der Waals surface area contributed by atoms with Crippen LogP contribution in [0.1, 0.15) is 11.1 Å².